The maximum absolute atomic E-state index is 12.1. The van der Waals surface area contributed by atoms with E-state index in [0.29, 0.717) is 24.6 Å². The topological polar surface area (TPSA) is 117 Å². The second-order valence-electron chi connectivity index (χ2n) is 8.67. The summed E-state index contributed by atoms with van der Waals surface area (Å²) in [4.78, 5) is 13.6. The summed E-state index contributed by atoms with van der Waals surface area (Å²) in [5.41, 5.74) is 4.48. The number of rotatable bonds is 7. The fourth-order valence-electron chi connectivity index (χ4n) is 4.88. The first-order valence-corrected chi connectivity index (χ1v) is 12.9. The molecule has 4 rings (SSSR count). The number of ether oxygens (including phenoxy) is 2. The molecule has 10 heteroatoms. The van der Waals surface area contributed by atoms with Gasteiger partial charge in [-0.05, 0) is 61.6 Å². The van der Waals surface area contributed by atoms with Gasteiger partial charge in [-0.25, -0.2) is 4.79 Å². The second kappa shape index (κ2) is 9.91. The third-order valence-electron chi connectivity index (χ3n) is 6.57. The number of piperidine rings is 1. The van der Waals surface area contributed by atoms with Gasteiger partial charge >= 0.3 is 5.97 Å². The number of fused-ring (bicyclic) bond motifs is 1. The third-order valence-corrected chi connectivity index (χ3v) is 7.57. The molecule has 0 saturated carbocycles. The van der Waals surface area contributed by atoms with E-state index in [0.717, 1.165) is 41.6 Å². The summed E-state index contributed by atoms with van der Waals surface area (Å²) in [6.07, 6.45) is 1.77. The molecule has 2 atom stereocenters. The number of methoxy groups -OCH3 is 1. The molecule has 2 aliphatic rings. The van der Waals surface area contributed by atoms with E-state index >= 15 is 0 Å². The minimum atomic E-state index is -3.59. The molecule has 184 valence electrons. The molecule has 2 aromatic carbocycles. The van der Waals surface area contributed by atoms with Crippen LogP contribution in [0.5, 0.6) is 5.75 Å². The molecule has 0 amide bonds. The summed E-state index contributed by atoms with van der Waals surface area (Å²) < 4.78 is 41.1. The van der Waals surface area contributed by atoms with Crippen molar-refractivity contribution in [2.45, 2.75) is 51.9 Å². The van der Waals surface area contributed by atoms with Crippen LogP contribution in [0.25, 0.3) is 0 Å². The highest BCUT2D eigenvalue weighted by Gasteiger charge is 2.33. The van der Waals surface area contributed by atoms with Crippen LogP contribution in [-0.4, -0.2) is 50.8 Å². The lowest BCUT2D eigenvalue weighted by atomic mass is 9.91. The number of hydrogen-bond acceptors (Lipinski definition) is 6. The Hall–Kier alpha value is -2.66. The Morgan fingerprint density at radius 2 is 2.00 bits per heavy atom. The van der Waals surface area contributed by atoms with Gasteiger partial charge in [0.1, 0.15) is 5.75 Å². The van der Waals surface area contributed by atoms with E-state index in [1.165, 1.54) is 0 Å². The zero-order valence-electron chi connectivity index (χ0n) is 19.6. The number of likely N-dealkylation sites (tertiary alicyclic amines) is 1. The minimum Gasteiger partial charge on any atom is -0.496 e. The molecule has 34 heavy (non-hydrogen) atoms. The van der Waals surface area contributed by atoms with Gasteiger partial charge < -0.3 is 14.6 Å². The number of carbonyl (C=O) groups is 1. The summed E-state index contributed by atoms with van der Waals surface area (Å²) >= 11 is 0. The standard InChI is InChI=1S/C24H31N3O6S/c1-4-33-18-9-10-27(21(12-18)16-5-7-17(8-6-16)24(28)29)14-20-19-13-25-34(30,31)26-23(19)15(2)11-22(20)32-3/h5-8,11,18,21,25-26H,4,9-10,12-14H2,1-3H3,(H,28,29)/t18-,21-/m0/s1. The molecule has 0 spiro atoms. The van der Waals surface area contributed by atoms with E-state index in [-0.39, 0.29) is 24.3 Å². The van der Waals surface area contributed by atoms with Gasteiger partial charge in [0.05, 0.1) is 24.5 Å². The van der Waals surface area contributed by atoms with Gasteiger partial charge in [-0.1, -0.05) is 12.1 Å². The monoisotopic (exact) mass is 489 g/mol. The third kappa shape index (κ3) is 5.05. The lowest BCUT2D eigenvalue weighted by Gasteiger charge is -2.40. The summed E-state index contributed by atoms with van der Waals surface area (Å²) in [6.45, 7) is 6.01. The smallest absolute Gasteiger partial charge is 0.335 e. The van der Waals surface area contributed by atoms with E-state index in [2.05, 4.69) is 14.3 Å². The van der Waals surface area contributed by atoms with Crippen LogP contribution in [0.1, 0.15) is 58.4 Å². The fraction of sp³-hybridized carbons (Fsp3) is 0.458. The van der Waals surface area contributed by atoms with Crippen LogP contribution >= 0.6 is 0 Å². The average Bonchev–Trinajstić information content (AvgIpc) is 2.81. The SMILES string of the molecule is CCO[C@H]1CCN(Cc2c(OC)cc(C)c3c2CNS(=O)(=O)N3)[C@H](c2ccc(C(=O)O)cc2)C1. The summed E-state index contributed by atoms with van der Waals surface area (Å²) in [7, 11) is -1.97. The average molecular weight is 490 g/mol. The van der Waals surface area contributed by atoms with Crippen molar-refractivity contribution in [1.29, 1.82) is 0 Å². The maximum Gasteiger partial charge on any atom is 0.335 e. The van der Waals surface area contributed by atoms with Crippen molar-refractivity contribution in [2.75, 3.05) is 25.0 Å². The first-order chi connectivity index (χ1) is 16.2. The number of aryl methyl sites for hydroxylation is 1. The molecule has 0 radical (unpaired) electrons. The van der Waals surface area contributed by atoms with Crippen molar-refractivity contribution < 1.29 is 27.8 Å². The fourth-order valence-corrected chi connectivity index (χ4v) is 5.84. The molecule has 0 bridgehead atoms. The molecule has 2 aliphatic heterocycles. The zero-order valence-corrected chi connectivity index (χ0v) is 20.4. The van der Waals surface area contributed by atoms with Gasteiger partial charge in [0.25, 0.3) is 10.2 Å². The molecule has 0 aliphatic carbocycles. The van der Waals surface area contributed by atoms with Crippen LogP contribution in [-0.2, 0) is 28.0 Å². The van der Waals surface area contributed by atoms with Crippen LogP contribution < -0.4 is 14.2 Å². The van der Waals surface area contributed by atoms with E-state index in [1.54, 1.807) is 19.2 Å². The number of carboxylic acids is 1. The Balaban J connectivity index is 1.70. The van der Waals surface area contributed by atoms with Crippen molar-refractivity contribution in [3.8, 4) is 5.75 Å². The van der Waals surface area contributed by atoms with Gasteiger partial charge in [0.2, 0.25) is 0 Å². The van der Waals surface area contributed by atoms with Crippen LogP contribution in [0.2, 0.25) is 0 Å². The molecule has 0 aromatic heterocycles. The Morgan fingerprint density at radius 3 is 2.65 bits per heavy atom. The number of anilines is 1. The number of benzene rings is 2. The number of nitrogens with one attached hydrogen (secondary N) is 2. The summed E-state index contributed by atoms with van der Waals surface area (Å²) in [5.74, 6) is -0.240. The Labute approximate surface area is 200 Å². The highest BCUT2D eigenvalue weighted by Crippen LogP contribution is 2.39. The summed E-state index contributed by atoms with van der Waals surface area (Å²) in [6, 6.07) is 8.88. The van der Waals surface area contributed by atoms with Gasteiger partial charge in [0.15, 0.2) is 0 Å². The van der Waals surface area contributed by atoms with Crippen molar-refractivity contribution in [3.63, 3.8) is 0 Å². The van der Waals surface area contributed by atoms with E-state index in [9.17, 15) is 18.3 Å². The highest BCUT2D eigenvalue weighted by molar-refractivity contribution is 7.90. The number of nitrogens with zero attached hydrogens (tertiary/aromatic N) is 1. The number of hydrogen-bond donors (Lipinski definition) is 3. The quantitative estimate of drug-likeness (QED) is 0.547. The Morgan fingerprint density at radius 1 is 1.26 bits per heavy atom. The molecule has 1 fully saturated rings. The van der Waals surface area contributed by atoms with Crippen LogP contribution in [0.15, 0.2) is 30.3 Å². The van der Waals surface area contributed by atoms with E-state index in [1.807, 2.05) is 32.0 Å². The molecular weight excluding hydrogens is 458 g/mol. The summed E-state index contributed by atoms with van der Waals surface area (Å²) in [5, 5.41) is 9.28. The van der Waals surface area contributed by atoms with E-state index in [4.69, 9.17) is 9.47 Å². The predicted molar refractivity (Wildman–Crippen MR) is 128 cm³/mol. The largest absolute Gasteiger partial charge is 0.496 e. The molecule has 0 unspecified atom stereocenters. The molecular formula is C24H31N3O6S. The van der Waals surface area contributed by atoms with Gasteiger partial charge in [-0.3, -0.25) is 9.62 Å². The van der Waals surface area contributed by atoms with Crippen molar-refractivity contribution >= 4 is 21.9 Å². The van der Waals surface area contributed by atoms with Crippen molar-refractivity contribution in [2.24, 2.45) is 0 Å². The minimum absolute atomic E-state index is 0.0167. The lowest BCUT2D eigenvalue weighted by Crippen LogP contribution is -2.40. The van der Waals surface area contributed by atoms with Gasteiger partial charge in [0, 0.05) is 37.8 Å². The molecule has 2 aromatic rings. The first-order valence-electron chi connectivity index (χ1n) is 11.4. The Bertz CT molecular complexity index is 1170. The van der Waals surface area contributed by atoms with Crippen molar-refractivity contribution in [1.82, 2.24) is 9.62 Å². The molecule has 3 N–H and O–H groups in total. The van der Waals surface area contributed by atoms with Crippen LogP contribution in [0.4, 0.5) is 5.69 Å². The van der Waals surface area contributed by atoms with Gasteiger partial charge in [-0.2, -0.15) is 13.1 Å². The van der Waals surface area contributed by atoms with Gasteiger partial charge in [-0.15, -0.1) is 0 Å². The molecule has 1 saturated heterocycles. The Kier molecular flexibility index (Phi) is 7.13. The van der Waals surface area contributed by atoms with Crippen LogP contribution in [0, 0.1) is 6.92 Å². The molecule has 9 nitrogen and oxygen atoms in total. The lowest BCUT2D eigenvalue weighted by molar-refractivity contribution is -0.0140. The normalized spacial score (nSPS) is 22.0. The zero-order chi connectivity index (χ0) is 24.5. The maximum atomic E-state index is 12.1. The number of carboxylic acid groups (broad SMARTS) is 1. The number of aromatic carboxylic acids is 1. The van der Waals surface area contributed by atoms with Crippen LogP contribution in [0.3, 0.4) is 0 Å². The second-order valence-corrected chi connectivity index (χ2v) is 10.2. The van der Waals surface area contributed by atoms with Crippen molar-refractivity contribution in [3.05, 3.63) is 58.1 Å². The predicted octanol–water partition coefficient (Wildman–Crippen LogP) is 3.20. The highest BCUT2D eigenvalue weighted by atomic mass is 32.2. The van der Waals surface area contributed by atoms with E-state index < -0.39 is 16.2 Å². The molecule has 2 heterocycles. The first kappa shape index (κ1) is 24.5.